The van der Waals surface area contributed by atoms with Gasteiger partial charge < -0.3 is 5.73 Å². The van der Waals surface area contributed by atoms with Crippen LogP contribution in [0.1, 0.15) is 31.5 Å². The molecule has 0 saturated heterocycles. The molecule has 0 bridgehead atoms. The topological polar surface area (TPSA) is 38.9 Å². The maximum absolute atomic E-state index is 12.0. The maximum atomic E-state index is 12.0. The van der Waals surface area contributed by atoms with Crippen molar-refractivity contribution in [3.8, 4) is 0 Å². The number of aromatic nitrogens is 1. The molecular weight excluding hydrogens is 205 g/mol. The summed E-state index contributed by atoms with van der Waals surface area (Å²) in [6.07, 6.45) is -2.29. The molecule has 15 heavy (non-hydrogen) atoms. The van der Waals surface area contributed by atoms with E-state index < -0.39 is 11.7 Å². The van der Waals surface area contributed by atoms with Gasteiger partial charge in [-0.2, -0.15) is 13.2 Å². The SMILES string of the molecule is CCC.NCc1ccc(C(F)(F)F)cn1. The highest BCUT2D eigenvalue weighted by Gasteiger charge is 2.30. The van der Waals surface area contributed by atoms with Crippen LogP contribution < -0.4 is 5.73 Å². The normalized spacial score (nSPS) is 10.5. The maximum Gasteiger partial charge on any atom is 0.417 e. The average molecular weight is 220 g/mol. The fraction of sp³-hybridized carbons (Fsp3) is 0.500. The Bertz CT molecular complexity index is 267. The van der Waals surface area contributed by atoms with Crippen molar-refractivity contribution in [1.29, 1.82) is 0 Å². The van der Waals surface area contributed by atoms with Gasteiger partial charge in [-0.1, -0.05) is 20.3 Å². The van der Waals surface area contributed by atoms with Crippen molar-refractivity contribution in [3.05, 3.63) is 29.6 Å². The summed E-state index contributed by atoms with van der Waals surface area (Å²) in [6, 6.07) is 2.23. The first-order valence-corrected chi connectivity index (χ1v) is 4.67. The third-order valence-electron chi connectivity index (χ3n) is 1.36. The lowest BCUT2D eigenvalue weighted by Gasteiger charge is -2.05. The molecule has 0 saturated carbocycles. The zero-order chi connectivity index (χ0) is 11.9. The number of rotatable bonds is 1. The van der Waals surface area contributed by atoms with Gasteiger partial charge in [0.2, 0.25) is 0 Å². The Hall–Kier alpha value is -1.10. The summed E-state index contributed by atoms with van der Waals surface area (Å²) in [7, 11) is 0. The molecule has 1 aromatic heterocycles. The Morgan fingerprint density at radius 1 is 1.27 bits per heavy atom. The molecule has 1 aromatic rings. The number of halogens is 3. The van der Waals surface area contributed by atoms with Gasteiger partial charge in [-0.25, -0.2) is 0 Å². The minimum atomic E-state index is -4.32. The molecule has 0 spiro atoms. The lowest BCUT2D eigenvalue weighted by Crippen LogP contribution is -2.07. The zero-order valence-corrected chi connectivity index (χ0v) is 8.80. The number of nitrogens with two attached hydrogens (primary N) is 1. The number of nitrogens with zero attached hydrogens (tertiary/aromatic N) is 1. The molecule has 1 rings (SSSR count). The Morgan fingerprint density at radius 2 is 1.80 bits per heavy atom. The van der Waals surface area contributed by atoms with Gasteiger partial charge in [-0.05, 0) is 12.1 Å². The van der Waals surface area contributed by atoms with E-state index in [4.69, 9.17) is 5.73 Å². The second-order valence-electron chi connectivity index (χ2n) is 2.95. The van der Waals surface area contributed by atoms with E-state index >= 15 is 0 Å². The molecule has 0 unspecified atom stereocenters. The molecule has 2 N–H and O–H groups in total. The van der Waals surface area contributed by atoms with E-state index in [0.717, 1.165) is 12.3 Å². The smallest absolute Gasteiger partial charge is 0.325 e. The van der Waals surface area contributed by atoms with Crippen molar-refractivity contribution < 1.29 is 13.2 Å². The molecule has 0 aromatic carbocycles. The summed E-state index contributed by atoms with van der Waals surface area (Å²) in [4.78, 5) is 3.52. The molecule has 0 atom stereocenters. The summed E-state index contributed by atoms with van der Waals surface area (Å²) < 4.78 is 35.9. The first-order chi connectivity index (χ1) is 6.95. The minimum absolute atomic E-state index is 0.151. The van der Waals surface area contributed by atoms with Crippen molar-refractivity contribution >= 4 is 0 Å². The first kappa shape index (κ1) is 13.9. The quantitative estimate of drug-likeness (QED) is 0.790. The Kier molecular flexibility index (Phi) is 5.93. The molecule has 0 fully saturated rings. The molecule has 0 aliphatic heterocycles. The summed E-state index contributed by atoms with van der Waals surface area (Å²) in [6.45, 7) is 4.40. The van der Waals surface area contributed by atoms with E-state index in [-0.39, 0.29) is 6.54 Å². The highest BCUT2D eigenvalue weighted by Crippen LogP contribution is 2.28. The van der Waals surface area contributed by atoms with Crippen molar-refractivity contribution in [2.24, 2.45) is 5.73 Å². The summed E-state index contributed by atoms with van der Waals surface area (Å²) in [5.41, 5.74) is 4.86. The summed E-state index contributed by atoms with van der Waals surface area (Å²) in [5, 5.41) is 0. The molecular formula is C10H15F3N2. The highest BCUT2D eigenvalue weighted by molar-refractivity contribution is 5.16. The van der Waals surface area contributed by atoms with E-state index in [2.05, 4.69) is 18.8 Å². The molecule has 1 heterocycles. The molecule has 0 aliphatic rings. The largest absolute Gasteiger partial charge is 0.417 e. The predicted molar refractivity (Wildman–Crippen MR) is 53.1 cm³/mol. The van der Waals surface area contributed by atoms with Crippen LogP contribution in [0.25, 0.3) is 0 Å². The third kappa shape index (κ3) is 5.37. The van der Waals surface area contributed by atoms with Crippen LogP contribution in [-0.2, 0) is 12.7 Å². The van der Waals surface area contributed by atoms with Crippen LogP contribution in [0.2, 0.25) is 0 Å². The molecule has 5 heteroatoms. The summed E-state index contributed by atoms with van der Waals surface area (Å²) in [5.74, 6) is 0. The van der Waals surface area contributed by atoms with Gasteiger partial charge in [0, 0.05) is 12.7 Å². The van der Waals surface area contributed by atoms with Crippen LogP contribution in [0.5, 0.6) is 0 Å². The fourth-order valence-corrected chi connectivity index (χ4v) is 0.713. The molecule has 0 amide bonds. The van der Waals surface area contributed by atoms with Gasteiger partial charge in [-0.3, -0.25) is 4.98 Å². The van der Waals surface area contributed by atoms with Crippen LogP contribution >= 0.6 is 0 Å². The fourth-order valence-electron chi connectivity index (χ4n) is 0.713. The van der Waals surface area contributed by atoms with E-state index in [1.165, 1.54) is 12.5 Å². The van der Waals surface area contributed by atoms with Gasteiger partial charge in [0.1, 0.15) is 0 Å². The molecule has 86 valence electrons. The average Bonchev–Trinajstić information content (AvgIpc) is 2.18. The number of hydrogen-bond acceptors (Lipinski definition) is 2. The van der Waals surface area contributed by atoms with Crippen LogP contribution in [-0.4, -0.2) is 4.98 Å². The Balaban J connectivity index is 0.000000583. The van der Waals surface area contributed by atoms with Crippen LogP contribution in [0, 0.1) is 0 Å². The predicted octanol–water partition coefficient (Wildman–Crippen LogP) is 2.98. The van der Waals surface area contributed by atoms with Crippen molar-refractivity contribution in [2.45, 2.75) is 33.0 Å². The lowest BCUT2D eigenvalue weighted by molar-refractivity contribution is -0.137. The van der Waals surface area contributed by atoms with Gasteiger partial charge in [0.25, 0.3) is 0 Å². The minimum Gasteiger partial charge on any atom is -0.325 e. The number of hydrogen-bond donors (Lipinski definition) is 1. The van der Waals surface area contributed by atoms with Gasteiger partial charge in [-0.15, -0.1) is 0 Å². The Morgan fingerprint density at radius 3 is 2.07 bits per heavy atom. The zero-order valence-electron chi connectivity index (χ0n) is 8.80. The monoisotopic (exact) mass is 220 g/mol. The highest BCUT2D eigenvalue weighted by atomic mass is 19.4. The van der Waals surface area contributed by atoms with Gasteiger partial charge in [0.15, 0.2) is 0 Å². The second kappa shape index (κ2) is 6.40. The Labute approximate surface area is 87.3 Å². The van der Waals surface area contributed by atoms with Crippen LogP contribution in [0.3, 0.4) is 0 Å². The third-order valence-corrected chi connectivity index (χ3v) is 1.36. The molecule has 0 aliphatic carbocycles. The van der Waals surface area contributed by atoms with E-state index in [1.807, 2.05) is 0 Å². The van der Waals surface area contributed by atoms with Gasteiger partial charge in [0.05, 0.1) is 11.3 Å². The second-order valence-corrected chi connectivity index (χ2v) is 2.95. The van der Waals surface area contributed by atoms with Crippen molar-refractivity contribution in [2.75, 3.05) is 0 Å². The van der Waals surface area contributed by atoms with Crippen molar-refractivity contribution in [1.82, 2.24) is 4.98 Å². The van der Waals surface area contributed by atoms with Crippen molar-refractivity contribution in [3.63, 3.8) is 0 Å². The van der Waals surface area contributed by atoms with E-state index in [0.29, 0.717) is 5.69 Å². The molecule has 0 radical (unpaired) electrons. The number of alkyl halides is 3. The van der Waals surface area contributed by atoms with Crippen LogP contribution in [0.15, 0.2) is 18.3 Å². The standard InChI is InChI=1S/C7H7F3N2.C3H8/c8-7(9,10)5-1-2-6(3-11)12-4-5;1-3-2/h1-2,4H,3,11H2;3H2,1-2H3. The number of pyridine rings is 1. The van der Waals surface area contributed by atoms with Gasteiger partial charge >= 0.3 is 6.18 Å². The summed E-state index contributed by atoms with van der Waals surface area (Å²) >= 11 is 0. The lowest BCUT2D eigenvalue weighted by atomic mass is 10.2. The van der Waals surface area contributed by atoms with Crippen LogP contribution in [0.4, 0.5) is 13.2 Å². The van der Waals surface area contributed by atoms with E-state index in [1.54, 1.807) is 0 Å². The first-order valence-electron chi connectivity index (χ1n) is 4.67. The van der Waals surface area contributed by atoms with E-state index in [9.17, 15) is 13.2 Å². The molecule has 2 nitrogen and oxygen atoms in total.